The average molecular weight is 1310 g/mol. The van der Waals surface area contributed by atoms with E-state index < -0.39 is 0 Å². The highest BCUT2D eigenvalue weighted by molar-refractivity contribution is 8.27. The summed E-state index contributed by atoms with van der Waals surface area (Å²) in [6.07, 6.45) is 38.6. The molecule has 2 amide bonds. The number of amides is 2. The third-order valence-electron chi connectivity index (χ3n) is 20.1. The largest absolute Gasteiger partial charge is 0.293 e. The Hall–Kier alpha value is -4.96. The molecule has 0 N–H and O–H groups in total. The van der Waals surface area contributed by atoms with Gasteiger partial charge in [0.05, 0.1) is 33.3 Å². The van der Waals surface area contributed by atoms with Crippen molar-refractivity contribution in [1.29, 1.82) is 0 Å². The highest BCUT2D eigenvalue weighted by atomic mass is 32.2. The molecule has 0 unspecified atom stereocenters. The summed E-state index contributed by atoms with van der Waals surface area (Å²) in [6, 6.07) is 29.1. The van der Waals surface area contributed by atoms with Crippen molar-refractivity contribution in [3.8, 4) is 44.5 Å². The van der Waals surface area contributed by atoms with Gasteiger partial charge in [-0.25, -0.2) is 0 Å². The second kappa shape index (κ2) is 30.9. The average Bonchev–Trinajstić information content (AvgIpc) is 1.53. The fraction of sp³-hybridized carbons (Fsp3) is 0.500. The second-order valence-electron chi connectivity index (χ2n) is 25.9. The lowest BCUT2D eigenvalue weighted by atomic mass is 9.68. The van der Waals surface area contributed by atoms with Gasteiger partial charge in [0.15, 0.2) is 0 Å². The van der Waals surface area contributed by atoms with Gasteiger partial charge in [0.1, 0.15) is 30.7 Å². The summed E-state index contributed by atoms with van der Waals surface area (Å²) in [5, 5.41) is 0. The maximum Gasteiger partial charge on any atom is 0.266 e. The number of unbranched alkanes of at least 4 members (excludes halogenated alkanes) is 20. The van der Waals surface area contributed by atoms with Gasteiger partial charge in [-0.05, 0) is 132 Å². The molecule has 2 aliphatic heterocycles. The lowest BCUT2D eigenvalue weighted by Gasteiger charge is -2.35. The number of carbonyl (C=O) groups is 2. The number of fused-ring (bicyclic) bond motifs is 8. The van der Waals surface area contributed by atoms with E-state index in [2.05, 4.69) is 100 Å². The van der Waals surface area contributed by atoms with Crippen molar-refractivity contribution in [2.24, 2.45) is 0 Å². The molecule has 7 aromatic rings. The lowest BCUT2D eigenvalue weighted by Crippen LogP contribution is -2.27. The topological polar surface area (TPSA) is 92.2 Å². The van der Waals surface area contributed by atoms with Crippen molar-refractivity contribution in [3.05, 3.63) is 116 Å². The Labute approximate surface area is 564 Å². The minimum atomic E-state index is -0.176. The Morgan fingerprint density at radius 1 is 0.378 bits per heavy atom. The second-order valence-corrected chi connectivity index (χ2v) is 30.3. The predicted molar refractivity (Wildman–Crippen MR) is 395 cm³/mol. The van der Waals surface area contributed by atoms with Gasteiger partial charge in [-0.3, -0.25) is 19.4 Å². The summed E-state index contributed by atoms with van der Waals surface area (Å²) in [5.74, 6) is -0.0847. The molecule has 90 heavy (non-hydrogen) atoms. The molecule has 11 rings (SSSR count). The number of aromatic nitrogens is 4. The highest BCUT2D eigenvalue weighted by Gasteiger charge is 2.48. The van der Waals surface area contributed by atoms with E-state index >= 15 is 0 Å². The number of rotatable bonds is 34. The Kier molecular flexibility index (Phi) is 22.8. The third kappa shape index (κ3) is 13.6. The minimum Gasteiger partial charge on any atom is -0.293 e. The highest BCUT2D eigenvalue weighted by Crippen LogP contribution is 2.62. The summed E-state index contributed by atoms with van der Waals surface area (Å²) >= 11 is 16.5. The molecule has 0 spiro atoms. The molecule has 4 heterocycles. The molecule has 0 atom stereocenters. The molecule has 0 bridgehead atoms. The van der Waals surface area contributed by atoms with E-state index in [0.29, 0.717) is 31.5 Å². The zero-order chi connectivity index (χ0) is 62.8. The normalized spacial score (nSPS) is 16.5. The monoisotopic (exact) mass is 1310 g/mol. The zero-order valence-electron chi connectivity index (χ0n) is 54.2. The summed E-state index contributed by atoms with van der Waals surface area (Å²) in [4.78, 5) is 31.6. The Morgan fingerprint density at radius 3 is 1.02 bits per heavy atom. The molecule has 2 saturated heterocycles. The summed E-state index contributed by atoms with van der Waals surface area (Å²) in [7, 11) is 0. The van der Waals surface area contributed by atoms with Gasteiger partial charge in [-0.1, -0.05) is 278 Å². The summed E-state index contributed by atoms with van der Waals surface area (Å²) in [6.45, 7) is 14.3. The van der Waals surface area contributed by atoms with Crippen LogP contribution in [-0.2, 0) is 20.4 Å². The molecular formula is C76H92N6O2S6. The van der Waals surface area contributed by atoms with Gasteiger partial charge in [-0.15, -0.1) is 0 Å². The maximum atomic E-state index is 13.5. The minimum absolute atomic E-state index is 0.0423. The summed E-state index contributed by atoms with van der Waals surface area (Å²) < 4.78 is 21.1. The number of nitrogens with zero attached hydrogens (tertiary/aromatic N) is 6. The van der Waals surface area contributed by atoms with Crippen molar-refractivity contribution in [2.75, 3.05) is 13.1 Å². The molecule has 0 saturated carbocycles. The van der Waals surface area contributed by atoms with Gasteiger partial charge in [0.2, 0.25) is 0 Å². The van der Waals surface area contributed by atoms with Gasteiger partial charge >= 0.3 is 0 Å². The first-order chi connectivity index (χ1) is 44.0. The van der Waals surface area contributed by atoms with Crippen LogP contribution < -0.4 is 0 Å². The maximum absolute atomic E-state index is 13.5. The van der Waals surface area contributed by atoms with Crippen molar-refractivity contribution < 1.29 is 9.59 Å². The molecule has 2 fully saturated rings. The van der Waals surface area contributed by atoms with Crippen molar-refractivity contribution in [3.63, 3.8) is 0 Å². The number of carbonyl (C=O) groups excluding carboxylic acids is 2. The van der Waals surface area contributed by atoms with Crippen molar-refractivity contribution in [1.82, 2.24) is 27.3 Å². The molecule has 2 aromatic heterocycles. The first kappa shape index (κ1) is 66.5. The van der Waals surface area contributed by atoms with Crippen LogP contribution in [0.4, 0.5) is 0 Å². The van der Waals surface area contributed by atoms with Crippen LogP contribution in [-0.4, -0.2) is 60.8 Å². The predicted octanol–water partition coefficient (Wildman–Crippen LogP) is 23.0. The number of benzene rings is 5. The van der Waals surface area contributed by atoms with Crippen LogP contribution in [0.3, 0.4) is 0 Å². The quantitative estimate of drug-likeness (QED) is 0.0221. The van der Waals surface area contributed by atoms with Crippen molar-refractivity contribution in [2.45, 2.75) is 232 Å². The number of likely N-dealkylation sites (N-methyl/N-ethyl adjacent to an activating group) is 2. The van der Waals surface area contributed by atoms with Crippen molar-refractivity contribution >= 4 is 126 Å². The van der Waals surface area contributed by atoms with E-state index in [9.17, 15) is 9.59 Å². The van der Waals surface area contributed by atoms with E-state index in [-0.39, 0.29) is 22.6 Å². The van der Waals surface area contributed by atoms with Crippen LogP contribution in [0, 0.1) is 0 Å². The van der Waals surface area contributed by atoms with E-state index in [0.717, 1.165) is 70.0 Å². The molecule has 4 aliphatic rings. The van der Waals surface area contributed by atoms with Crippen LogP contribution >= 0.6 is 71.4 Å². The molecule has 8 nitrogen and oxygen atoms in total. The Balaban J connectivity index is 1.07. The SMILES string of the molecule is CCCCCCCCC1(CCCCCCCC)c2cc(-c3ccc(C=C4SC(=S)N(CC)C4=O)c4nsnc34)ccc2-c2cc3c(cc21)-c1ccc(-c2ccc(C=C4SC(=S)N(CC)C4=O)c4nsnc24)cc1C3(CCCCCCCC)CCCCCCCC. The van der Waals surface area contributed by atoms with Crippen LogP contribution in [0.2, 0.25) is 0 Å². The molecule has 474 valence electrons. The zero-order valence-corrected chi connectivity index (χ0v) is 59.1. The number of hydrogen-bond acceptors (Lipinski definition) is 12. The number of thioether (sulfide) groups is 2. The van der Waals surface area contributed by atoms with Gasteiger partial charge in [-0.2, -0.15) is 17.5 Å². The Bertz CT molecular complexity index is 3540. The molecule has 5 aromatic carbocycles. The fourth-order valence-corrected chi connectivity index (χ4v) is 19.2. The number of thiocarbonyl (C=S) groups is 2. The first-order valence-corrected chi connectivity index (χ1v) is 38.5. The fourth-order valence-electron chi connectivity index (χ4n) is 15.3. The summed E-state index contributed by atoms with van der Waals surface area (Å²) in [5.41, 5.74) is 21.1. The van der Waals surface area contributed by atoms with E-state index in [1.807, 2.05) is 26.0 Å². The molecular weight excluding hydrogens is 1220 g/mol. The lowest BCUT2D eigenvalue weighted by molar-refractivity contribution is -0.122. The molecule has 0 radical (unpaired) electrons. The van der Waals surface area contributed by atoms with Gasteiger partial charge in [0.25, 0.3) is 11.8 Å². The number of hydrogen-bond donors (Lipinski definition) is 0. The van der Waals surface area contributed by atoms with Crippen LogP contribution in [0.15, 0.2) is 82.6 Å². The molecule has 14 heteroatoms. The van der Waals surface area contributed by atoms with Gasteiger partial charge in [0, 0.05) is 46.2 Å². The van der Waals surface area contributed by atoms with Crippen LogP contribution in [0.1, 0.15) is 255 Å². The third-order valence-corrected chi connectivity index (χ3v) is 23.9. The Morgan fingerprint density at radius 2 is 0.689 bits per heavy atom. The first-order valence-electron chi connectivity index (χ1n) is 34.5. The smallest absolute Gasteiger partial charge is 0.266 e. The van der Waals surface area contributed by atoms with E-state index in [1.54, 1.807) is 9.80 Å². The standard InChI is InChI=1S/C76H92N6O2S6/c1-7-13-17-21-25-29-41-75(42-30-26-22-18-14-8-2)61-45-51(55-37-35-53(67-69(55)79-89-77-67)47-65-71(83)81(11-5)73(85)87-65)33-39-57(61)59-50-64-60(49-63(59)75)58-40-34-52(46-62(58)76(64,43-31-27-23-19-15-9-3)44-32-28-24-20-16-10-4)56-38-36-54(68-70(56)80-90-78-68)48-66-72(84)82(12-6)74(86)88-66/h33-40,45-50H,7-32,41-44H2,1-6H3. The van der Waals surface area contributed by atoms with E-state index in [1.165, 1.54) is 257 Å². The van der Waals surface area contributed by atoms with Crippen LogP contribution in [0.5, 0.6) is 0 Å². The molecule has 2 aliphatic carbocycles. The van der Waals surface area contributed by atoms with Gasteiger partial charge < -0.3 is 0 Å². The van der Waals surface area contributed by atoms with Crippen LogP contribution in [0.25, 0.3) is 78.7 Å². The van der Waals surface area contributed by atoms with E-state index in [4.69, 9.17) is 41.9 Å².